The van der Waals surface area contributed by atoms with Crippen LogP contribution < -0.4 is 9.64 Å². The predicted octanol–water partition coefficient (Wildman–Crippen LogP) is 1.04. The summed E-state index contributed by atoms with van der Waals surface area (Å²) in [6, 6.07) is 5.96. The third-order valence-corrected chi connectivity index (χ3v) is 7.60. The van der Waals surface area contributed by atoms with Gasteiger partial charge >= 0.3 is 0 Å². The molecule has 1 aromatic carbocycles. The number of hydrogen-bond acceptors (Lipinski definition) is 8. The second-order valence-corrected chi connectivity index (χ2v) is 9.53. The van der Waals surface area contributed by atoms with Gasteiger partial charge in [-0.15, -0.1) is 0 Å². The van der Waals surface area contributed by atoms with Crippen LogP contribution in [0.25, 0.3) is 10.9 Å². The minimum atomic E-state index is -3.60. The monoisotopic (exact) mass is 444 g/mol. The average molecular weight is 445 g/mol. The van der Waals surface area contributed by atoms with Gasteiger partial charge in [0, 0.05) is 57.7 Å². The zero-order valence-corrected chi connectivity index (χ0v) is 18.0. The first kappa shape index (κ1) is 20.2. The van der Waals surface area contributed by atoms with Gasteiger partial charge in [-0.25, -0.2) is 23.4 Å². The van der Waals surface area contributed by atoms with Gasteiger partial charge in [-0.3, -0.25) is 0 Å². The van der Waals surface area contributed by atoms with Crippen LogP contribution in [0.5, 0.6) is 5.88 Å². The first-order valence-electron chi connectivity index (χ1n) is 10.2. The molecule has 0 spiro atoms. The summed E-state index contributed by atoms with van der Waals surface area (Å²) in [7, 11) is -1.92. The van der Waals surface area contributed by atoms with Crippen molar-refractivity contribution in [3.63, 3.8) is 0 Å². The minimum absolute atomic E-state index is 0.00151. The number of ether oxygens (including phenoxy) is 2. The number of aromatic nitrogens is 4. The molecular formula is C20H24N6O4S. The molecule has 2 saturated heterocycles. The van der Waals surface area contributed by atoms with Crippen LogP contribution in [0.3, 0.4) is 0 Å². The van der Waals surface area contributed by atoms with Crippen molar-refractivity contribution in [3.05, 3.63) is 36.9 Å². The maximum atomic E-state index is 12.9. The van der Waals surface area contributed by atoms with Crippen LogP contribution >= 0.6 is 0 Å². The number of nitrogens with zero attached hydrogens (tertiary/aromatic N) is 6. The summed E-state index contributed by atoms with van der Waals surface area (Å²) in [5.74, 6) is 0.554. The van der Waals surface area contributed by atoms with Crippen molar-refractivity contribution >= 4 is 26.6 Å². The van der Waals surface area contributed by atoms with Crippen LogP contribution in [0.1, 0.15) is 6.42 Å². The Bertz CT molecular complexity index is 1180. The second-order valence-electron chi connectivity index (χ2n) is 7.70. The third kappa shape index (κ3) is 3.84. The van der Waals surface area contributed by atoms with Gasteiger partial charge in [-0.1, -0.05) is 0 Å². The molecule has 2 fully saturated rings. The predicted molar refractivity (Wildman–Crippen MR) is 114 cm³/mol. The fourth-order valence-electron chi connectivity index (χ4n) is 3.98. The summed E-state index contributed by atoms with van der Waals surface area (Å²) < 4.78 is 40.2. The minimum Gasteiger partial charge on any atom is -0.471 e. The van der Waals surface area contributed by atoms with Crippen molar-refractivity contribution in [3.8, 4) is 5.88 Å². The van der Waals surface area contributed by atoms with E-state index in [0.717, 1.165) is 23.0 Å². The molecular weight excluding hydrogens is 420 g/mol. The molecule has 2 aliphatic rings. The fraction of sp³-hybridized carbons (Fsp3) is 0.450. The molecule has 10 nitrogen and oxygen atoms in total. The van der Waals surface area contributed by atoms with Crippen molar-refractivity contribution in [1.82, 2.24) is 23.8 Å². The zero-order chi connectivity index (χ0) is 21.4. The van der Waals surface area contributed by atoms with E-state index in [2.05, 4.69) is 19.9 Å². The van der Waals surface area contributed by atoms with E-state index in [1.807, 2.05) is 18.2 Å². The normalized spacial score (nSPS) is 20.4. The number of fused-ring (bicyclic) bond motifs is 1. The Labute approximate surface area is 180 Å². The second kappa shape index (κ2) is 8.06. The van der Waals surface area contributed by atoms with Crippen LogP contribution in [-0.2, 0) is 21.8 Å². The van der Waals surface area contributed by atoms with Crippen LogP contribution in [0, 0.1) is 0 Å². The van der Waals surface area contributed by atoms with Gasteiger partial charge in [0.05, 0.1) is 24.1 Å². The van der Waals surface area contributed by atoms with E-state index in [-0.39, 0.29) is 11.3 Å². The Morgan fingerprint density at radius 2 is 1.97 bits per heavy atom. The highest BCUT2D eigenvalue weighted by Gasteiger charge is 2.31. The van der Waals surface area contributed by atoms with Crippen LogP contribution in [-0.4, -0.2) is 77.7 Å². The van der Waals surface area contributed by atoms with Gasteiger partial charge in [0.15, 0.2) is 0 Å². The number of benzene rings is 1. The molecule has 0 N–H and O–H groups in total. The van der Waals surface area contributed by atoms with Gasteiger partial charge in [0.1, 0.15) is 12.4 Å². The summed E-state index contributed by atoms with van der Waals surface area (Å²) >= 11 is 0. The quantitative estimate of drug-likeness (QED) is 0.575. The molecule has 1 unspecified atom stereocenters. The molecule has 4 heterocycles. The van der Waals surface area contributed by atoms with Crippen LogP contribution in [0.4, 0.5) is 5.69 Å². The number of anilines is 1. The maximum absolute atomic E-state index is 12.9. The molecule has 0 radical (unpaired) electrons. The number of hydrogen-bond donors (Lipinski definition) is 0. The lowest BCUT2D eigenvalue weighted by Gasteiger charge is -2.35. The van der Waals surface area contributed by atoms with E-state index >= 15 is 0 Å². The van der Waals surface area contributed by atoms with Gasteiger partial charge < -0.3 is 18.9 Å². The lowest BCUT2D eigenvalue weighted by molar-refractivity contribution is 0.139. The highest BCUT2D eigenvalue weighted by molar-refractivity contribution is 7.89. The lowest BCUT2D eigenvalue weighted by atomic mass is 10.2. The Kier molecular flexibility index (Phi) is 5.24. The van der Waals surface area contributed by atoms with Crippen LogP contribution in [0.15, 0.2) is 42.1 Å². The number of sulfonamides is 1. The summed E-state index contributed by atoms with van der Waals surface area (Å²) in [6.07, 6.45) is 5.49. The average Bonchev–Trinajstić information content (AvgIpc) is 3.46. The number of piperazine rings is 1. The molecule has 2 aliphatic heterocycles. The largest absolute Gasteiger partial charge is 0.471 e. The Hall–Kier alpha value is -2.76. The van der Waals surface area contributed by atoms with Crippen molar-refractivity contribution in [2.45, 2.75) is 17.7 Å². The molecule has 0 saturated carbocycles. The molecule has 0 aliphatic carbocycles. The fourth-order valence-corrected chi connectivity index (χ4v) is 5.47. The van der Waals surface area contributed by atoms with Crippen molar-refractivity contribution in [1.29, 1.82) is 0 Å². The van der Waals surface area contributed by atoms with Gasteiger partial charge in [-0.05, 0) is 18.2 Å². The van der Waals surface area contributed by atoms with Crippen molar-refractivity contribution in [2.24, 2.45) is 7.05 Å². The SMILES string of the molecule is Cn1ccnc1S(=O)(=O)N1CCN(c2ccc3ncnc(OC4CCOC4)c3c2)CC1. The van der Waals surface area contributed by atoms with Gasteiger partial charge in [0.25, 0.3) is 10.0 Å². The standard InChI is InChI=1S/C20H24N6O4S/c1-24-6-5-21-20(24)31(27,28)26-9-7-25(8-10-26)15-2-3-18-17(12-15)19(23-14-22-18)30-16-4-11-29-13-16/h2-3,5-6,12,14,16H,4,7-11,13H2,1H3. The number of aryl methyl sites for hydroxylation is 1. The first-order valence-corrected chi connectivity index (χ1v) is 11.7. The Morgan fingerprint density at radius 3 is 2.68 bits per heavy atom. The Balaban J connectivity index is 1.34. The summed E-state index contributed by atoms with van der Waals surface area (Å²) in [5, 5.41) is 0.913. The van der Waals surface area contributed by atoms with Crippen LogP contribution in [0.2, 0.25) is 0 Å². The first-order chi connectivity index (χ1) is 15.0. The van der Waals surface area contributed by atoms with E-state index < -0.39 is 10.0 Å². The molecule has 3 aromatic rings. The highest BCUT2D eigenvalue weighted by atomic mass is 32.2. The summed E-state index contributed by atoms with van der Waals surface area (Å²) in [4.78, 5) is 14.9. The van der Waals surface area contributed by atoms with Gasteiger partial charge in [-0.2, -0.15) is 4.31 Å². The summed E-state index contributed by atoms with van der Waals surface area (Å²) in [5.41, 5.74) is 1.80. The van der Waals surface area contributed by atoms with E-state index in [9.17, 15) is 8.42 Å². The molecule has 5 rings (SSSR count). The Morgan fingerprint density at radius 1 is 1.13 bits per heavy atom. The van der Waals surface area contributed by atoms with E-state index in [1.54, 1.807) is 13.2 Å². The van der Waals surface area contributed by atoms with E-state index in [4.69, 9.17) is 9.47 Å². The summed E-state index contributed by atoms with van der Waals surface area (Å²) in [6.45, 7) is 3.20. The molecule has 164 valence electrons. The third-order valence-electron chi connectivity index (χ3n) is 5.70. The molecule has 2 aromatic heterocycles. The highest BCUT2D eigenvalue weighted by Crippen LogP contribution is 2.29. The molecule has 31 heavy (non-hydrogen) atoms. The molecule has 0 amide bonds. The van der Waals surface area contributed by atoms with E-state index in [0.29, 0.717) is 45.3 Å². The number of imidazole rings is 1. The van der Waals surface area contributed by atoms with Crippen molar-refractivity contribution < 1.29 is 17.9 Å². The molecule has 0 bridgehead atoms. The molecule has 11 heteroatoms. The van der Waals surface area contributed by atoms with E-state index in [1.165, 1.54) is 21.4 Å². The number of rotatable bonds is 5. The maximum Gasteiger partial charge on any atom is 0.277 e. The molecule has 1 atom stereocenters. The lowest BCUT2D eigenvalue weighted by Crippen LogP contribution is -2.49. The van der Waals surface area contributed by atoms with Gasteiger partial charge in [0.2, 0.25) is 11.0 Å². The topological polar surface area (TPSA) is 103 Å². The smallest absolute Gasteiger partial charge is 0.277 e. The zero-order valence-electron chi connectivity index (χ0n) is 17.2. The van der Waals surface area contributed by atoms with Crippen molar-refractivity contribution in [2.75, 3.05) is 44.3 Å².